The summed E-state index contributed by atoms with van der Waals surface area (Å²) >= 11 is 0. The summed E-state index contributed by atoms with van der Waals surface area (Å²) in [6.45, 7) is 0. The van der Waals surface area contributed by atoms with E-state index >= 15 is 0 Å². The molecule has 3 rings (SSSR count). The molecule has 5 nitrogen and oxygen atoms in total. The highest BCUT2D eigenvalue weighted by Crippen LogP contribution is 2.39. The lowest BCUT2D eigenvalue weighted by Crippen LogP contribution is -2.43. The molecule has 2 bridgehead atoms. The predicted molar refractivity (Wildman–Crippen MR) is 53.6 cm³/mol. The minimum Gasteiger partial charge on any atom is -0.481 e. The number of carbonyl (C=O) groups is 2. The summed E-state index contributed by atoms with van der Waals surface area (Å²) in [6, 6.07) is 0.255. The molecule has 0 spiro atoms. The van der Waals surface area contributed by atoms with Crippen molar-refractivity contribution in [3.8, 4) is 0 Å². The van der Waals surface area contributed by atoms with E-state index in [-0.39, 0.29) is 18.1 Å². The Labute approximate surface area is 92.5 Å². The van der Waals surface area contributed by atoms with Crippen LogP contribution in [-0.2, 0) is 14.3 Å². The van der Waals surface area contributed by atoms with Crippen LogP contribution in [-0.4, -0.2) is 35.2 Å². The van der Waals surface area contributed by atoms with Gasteiger partial charge in [0.15, 0.2) is 0 Å². The van der Waals surface area contributed by atoms with Gasteiger partial charge in [0.1, 0.15) is 5.92 Å². The van der Waals surface area contributed by atoms with E-state index < -0.39 is 23.9 Å². The van der Waals surface area contributed by atoms with E-state index in [1.165, 1.54) is 0 Å². The number of hydrogen-bond acceptors (Lipinski definition) is 3. The molecule has 2 N–H and O–H groups in total. The molecule has 2 aliphatic heterocycles. The fourth-order valence-corrected chi connectivity index (χ4v) is 2.44. The van der Waals surface area contributed by atoms with Crippen LogP contribution in [0, 0.1) is 11.8 Å². The van der Waals surface area contributed by atoms with Crippen molar-refractivity contribution in [1.29, 1.82) is 0 Å². The van der Waals surface area contributed by atoms with Crippen LogP contribution in [0.15, 0.2) is 12.2 Å². The Hall–Kier alpha value is -1.36. The average Bonchev–Trinajstić information content (AvgIpc) is 2.81. The van der Waals surface area contributed by atoms with Crippen molar-refractivity contribution in [1.82, 2.24) is 5.32 Å². The number of fused-ring (bicyclic) bond motifs is 2. The summed E-state index contributed by atoms with van der Waals surface area (Å²) in [5, 5.41) is 12.0. The molecule has 0 aromatic carbocycles. The zero-order valence-corrected chi connectivity index (χ0v) is 8.63. The lowest BCUT2D eigenvalue weighted by Gasteiger charge is -2.20. The van der Waals surface area contributed by atoms with Crippen molar-refractivity contribution in [3.05, 3.63) is 12.2 Å². The van der Waals surface area contributed by atoms with Crippen LogP contribution >= 0.6 is 0 Å². The van der Waals surface area contributed by atoms with Gasteiger partial charge in [-0.15, -0.1) is 0 Å². The van der Waals surface area contributed by atoms with Crippen LogP contribution in [0.2, 0.25) is 0 Å². The molecule has 0 radical (unpaired) electrons. The van der Waals surface area contributed by atoms with E-state index in [0.717, 1.165) is 12.8 Å². The van der Waals surface area contributed by atoms with Crippen LogP contribution in [0.5, 0.6) is 0 Å². The first kappa shape index (κ1) is 9.84. The van der Waals surface area contributed by atoms with Gasteiger partial charge in [0.25, 0.3) is 0 Å². The maximum atomic E-state index is 11.9. The van der Waals surface area contributed by atoms with E-state index in [1.807, 2.05) is 0 Å². The molecule has 0 aromatic rings. The average molecular weight is 223 g/mol. The normalized spacial score (nSPS) is 40.0. The van der Waals surface area contributed by atoms with Gasteiger partial charge in [-0.1, -0.05) is 12.2 Å². The minimum atomic E-state index is -0.951. The second kappa shape index (κ2) is 3.31. The highest BCUT2D eigenvalue weighted by molar-refractivity contribution is 5.87. The van der Waals surface area contributed by atoms with E-state index in [2.05, 4.69) is 5.32 Å². The number of carbonyl (C=O) groups excluding carboxylic acids is 1. The standard InChI is InChI=1S/C11H13NO4/c13-10(12-5-1-2-5)8-6-3-4-7(16-6)9(8)11(14)15/h3-9H,1-2H2,(H,12,13)(H,14,15)/t6-,7-,8-,9-/m1/s1. The Morgan fingerprint density at radius 1 is 1.19 bits per heavy atom. The largest absolute Gasteiger partial charge is 0.481 e. The number of ether oxygens (including phenoxy) is 1. The van der Waals surface area contributed by atoms with Crippen LogP contribution in [0.4, 0.5) is 0 Å². The van der Waals surface area contributed by atoms with Crippen molar-refractivity contribution >= 4 is 11.9 Å². The lowest BCUT2D eigenvalue weighted by molar-refractivity contribution is -0.146. The molecular weight excluding hydrogens is 210 g/mol. The fourth-order valence-electron chi connectivity index (χ4n) is 2.44. The number of rotatable bonds is 3. The molecule has 5 heteroatoms. The molecule has 2 fully saturated rings. The van der Waals surface area contributed by atoms with E-state index in [9.17, 15) is 9.59 Å². The third-order valence-corrected chi connectivity index (χ3v) is 3.41. The summed E-state index contributed by atoms with van der Waals surface area (Å²) in [5.41, 5.74) is 0. The fraction of sp³-hybridized carbons (Fsp3) is 0.636. The maximum Gasteiger partial charge on any atom is 0.310 e. The Kier molecular flexibility index (Phi) is 2.04. The second-order valence-corrected chi connectivity index (χ2v) is 4.62. The number of aliphatic carboxylic acids is 1. The monoisotopic (exact) mass is 223 g/mol. The van der Waals surface area contributed by atoms with E-state index in [0.29, 0.717) is 0 Å². The summed E-state index contributed by atoms with van der Waals surface area (Å²) in [7, 11) is 0. The van der Waals surface area contributed by atoms with Gasteiger partial charge in [0.2, 0.25) is 5.91 Å². The van der Waals surface area contributed by atoms with Crippen LogP contribution in [0.1, 0.15) is 12.8 Å². The first-order valence-electron chi connectivity index (χ1n) is 5.54. The summed E-state index contributed by atoms with van der Waals surface area (Å²) in [6.07, 6.45) is 4.75. The number of amides is 1. The van der Waals surface area contributed by atoms with E-state index in [1.54, 1.807) is 12.2 Å². The Morgan fingerprint density at radius 2 is 1.81 bits per heavy atom. The van der Waals surface area contributed by atoms with Crippen molar-refractivity contribution < 1.29 is 19.4 Å². The SMILES string of the molecule is O=C(O)[C@H]1[C@H](C(=O)NC2CC2)[C@H]2C=C[C@H]1O2. The number of nitrogens with one attached hydrogen (secondary N) is 1. The molecule has 3 aliphatic rings. The van der Waals surface area contributed by atoms with Crippen molar-refractivity contribution in [3.63, 3.8) is 0 Å². The molecular formula is C11H13NO4. The van der Waals surface area contributed by atoms with Gasteiger partial charge in [-0.25, -0.2) is 0 Å². The highest BCUT2D eigenvalue weighted by Gasteiger charge is 2.53. The lowest BCUT2D eigenvalue weighted by atomic mass is 9.82. The zero-order chi connectivity index (χ0) is 11.3. The summed E-state index contributed by atoms with van der Waals surface area (Å²) < 4.78 is 5.43. The van der Waals surface area contributed by atoms with Crippen LogP contribution in [0.25, 0.3) is 0 Å². The third kappa shape index (κ3) is 1.43. The van der Waals surface area contributed by atoms with Crippen LogP contribution in [0.3, 0.4) is 0 Å². The first-order valence-corrected chi connectivity index (χ1v) is 5.54. The predicted octanol–water partition coefficient (Wildman–Crippen LogP) is -0.0808. The topological polar surface area (TPSA) is 75.6 Å². The van der Waals surface area contributed by atoms with Gasteiger partial charge in [-0.05, 0) is 12.8 Å². The third-order valence-electron chi connectivity index (χ3n) is 3.41. The van der Waals surface area contributed by atoms with Crippen LogP contribution < -0.4 is 5.32 Å². The van der Waals surface area contributed by atoms with Gasteiger partial charge in [-0.2, -0.15) is 0 Å². The quantitative estimate of drug-likeness (QED) is 0.656. The Bertz CT molecular complexity index is 374. The molecule has 86 valence electrons. The molecule has 1 saturated carbocycles. The summed E-state index contributed by atoms with van der Waals surface area (Å²) in [4.78, 5) is 23.0. The molecule has 4 atom stereocenters. The smallest absolute Gasteiger partial charge is 0.310 e. The Morgan fingerprint density at radius 3 is 2.38 bits per heavy atom. The summed E-state index contributed by atoms with van der Waals surface area (Å²) in [5.74, 6) is -2.42. The van der Waals surface area contributed by atoms with Gasteiger partial charge < -0.3 is 15.2 Å². The van der Waals surface area contributed by atoms with Crippen molar-refractivity contribution in [2.75, 3.05) is 0 Å². The molecule has 0 aromatic heterocycles. The van der Waals surface area contributed by atoms with E-state index in [4.69, 9.17) is 9.84 Å². The number of carboxylic acids is 1. The maximum absolute atomic E-state index is 11.9. The highest BCUT2D eigenvalue weighted by atomic mass is 16.5. The molecule has 2 heterocycles. The molecule has 1 amide bonds. The molecule has 0 unspecified atom stereocenters. The Balaban J connectivity index is 1.78. The second-order valence-electron chi connectivity index (χ2n) is 4.62. The number of carboxylic acid groups (broad SMARTS) is 1. The zero-order valence-electron chi connectivity index (χ0n) is 8.63. The van der Waals surface area contributed by atoms with Gasteiger partial charge in [0, 0.05) is 6.04 Å². The molecule has 1 saturated heterocycles. The number of hydrogen-bond donors (Lipinski definition) is 2. The minimum absolute atomic E-state index is 0.174. The van der Waals surface area contributed by atoms with Crippen molar-refractivity contribution in [2.45, 2.75) is 31.1 Å². The van der Waals surface area contributed by atoms with Gasteiger partial charge in [-0.3, -0.25) is 9.59 Å². The van der Waals surface area contributed by atoms with Crippen molar-refractivity contribution in [2.24, 2.45) is 11.8 Å². The molecule has 16 heavy (non-hydrogen) atoms. The molecule has 1 aliphatic carbocycles. The first-order chi connectivity index (χ1) is 7.66. The van der Waals surface area contributed by atoms with Gasteiger partial charge >= 0.3 is 5.97 Å². The van der Waals surface area contributed by atoms with Gasteiger partial charge in [0.05, 0.1) is 18.1 Å².